The van der Waals surface area contributed by atoms with Gasteiger partial charge in [-0.3, -0.25) is 9.69 Å². The summed E-state index contributed by atoms with van der Waals surface area (Å²) < 4.78 is 45.5. The molecule has 1 unspecified atom stereocenters. The number of hydrogen-bond donors (Lipinski definition) is 1. The number of alkyl halides is 3. The van der Waals surface area contributed by atoms with Crippen molar-refractivity contribution in [3.63, 3.8) is 0 Å². The third kappa shape index (κ3) is 6.35. The first kappa shape index (κ1) is 17.4. The summed E-state index contributed by atoms with van der Waals surface area (Å²) in [6.07, 6.45) is -2.87. The van der Waals surface area contributed by atoms with Crippen LogP contribution in [-0.2, 0) is 4.79 Å². The molecule has 1 aliphatic rings. The lowest BCUT2D eigenvalue weighted by Crippen LogP contribution is -2.40. The molecule has 1 aromatic rings. The molecule has 1 saturated heterocycles. The number of nitrogens with zero attached hydrogens (tertiary/aromatic N) is 1. The Labute approximate surface area is 131 Å². The highest BCUT2D eigenvalue weighted by molar-refractivity contribution is 5.69. The number of carbonyl (C=O) groups is 1. The fraction of sp³-hybridized carbons (Fsp3) is 0.533. The van der Waals surface area contributed by atoms with Gasteiger partial charge in [0.15, 0.2) is 0 Å². The number of hydrogen-bond acceptors (Lipinski definition) is 4. The van der Waals surface area contributed by atoms with Gasteiger partial charge in [0.25, 0.3) is 0 Å². The van der Waals surface area contributed by atoms with Crippen LogP contribution in [0.25, 0.3) is 0 Å². The van der Waals surface area contributed by atoms with Crippen molar-refractivity contribution in [3.05, 3.63) is 24.3 Å². The van der Waals surface area contributed by atoms with Crippen molar-refractivity contribution in [1.82, 2.24) is 4.90 Å². The Bertz CT molecular complexity index is 518. The summed E-state index contributed by atoms with van der Waals surface area (Å²) in [4.78, 5) is 12.6. The molecule has 1 N–H and O–H groups in total. The molecule has 1 aliphatic heterocycles. The van der Waals surface area contributed by atoms with Crippen molar-refractivity contribution in [3.8, 4) is 11.5 Å². The van der Waals surface area contributed by atoms with Gasteiger partial charge in [-0.1, -0.05) is 0 Å². The van der Waals surface area contributed by atoms with Gasteiger partial charge in [-0.25, -0.2) is 0 Å². The second kappa shape index (κ2) is 7.54. The van der Waals surface area contributed by atoms with Crippen molar-refractivity contribution < 1.29 is 32.5 Å². The molecule has 1 fully saturated rings. The van der Waals surface area contributed by atoms with Crippen LogP contribution < -0.4 is 9.47 Å². The molecule has 23 heavy (non-hydrogen) atoms. The van der Waals surface area contributed by atoms with Gasteiger partial charge in [0.05, 0.1) is 13.2 Å². The summed E-state index contributed by atoms with van der Waals surface area (Å²) in [5, 5.41) is 8.80. The molecule has 0 bridgehead atoms. The first-order valence-electron chi connectivity index (χ1n) is 7.24. The number of ether oxygens (including phenoxy) is 2. The minimum absolute atomic E-state index is 0.0139. The fourth-order valence-corrected chi connectivity index (χ4v) is 2.57. The van der Waals surface area contributed by atoms with Crippen molar-refractivity contribution in [2.24, 2.45) is 5.92 Å². The van der Waals surface area contributed by atoms with Crippen molar-refractivity contribution in [2.75, 3.05) is 26.2 Å². The highest BCUT2D eigenvalue weighted by Crippen LogP contribution is 2.25. The van der Waals surface area contributed by atoms with E-state index < -0.39 is 12.3 Å². The largest absolute Gasteiger partial charge is 0.573 e. The summed E-state index contributed by atoms with van der Waals surface area (Å²) in [6, 6.07) is 5.22. The zero-order valence-corrected chi connectivity index (χ0v) is 12.4. The number of aliphatic carboxylic acids is 1. The standard InChI is InChI=1S/C15H18F3NO4/c16-15(17,18)23-13-5-3-12(4-6-13)22-10-11-2-1-7-19(8-11)9-14(20)21/h3-6,11H,1-2,7-10H2,(H,20,21). The minimum Gasteiger partial charge on any atom is -0.493 e. The highest BCUT2D eigenvalue weighted by Gasteiger charge is 2.31. The fourth-order valence-electron chi connectivity index (χ4n) is 2.57. The molecule has 128 valence electrons. The first-order chi connectivity index (χ1) is 10.8. The van der Waals surface area contributed by atoms with E-state index in [9.17, 15) is 18.0 Å². The highest BCUT2D eigenvalue weighted by atomic mass is 19.4. The molecule has 0 radical (unpaired) electrons. The zero-order chi connectivity index (χ0) is 16.9. The van der Waals surface area contributed by atoms with Crippen LogP contribution in [0.15, 0.2) is 24.3 Å². The van der Waals surface area contributed by atoms with Gasteiger partial charge in [0.1, 0.15) is 11.5 Å². The predicted octanol–water partition coefficient (Wildman–Crippen LogP) is 2.76. The predicted molar refractivity (Wildman–Crippen MR) is 75.4 cm³/mol. The number of carboxylic acid groups (broad SMARTS) is 1. The maximum atomic E-state index is 12.1. The molecule has 0 aromatic heterocycles. The second-order valence-corrected chi connectivity index (χ2v) is 5.47. The maximum Gasteiger partial charge on any atom is 0.573 e. The van der Waals surface area contributed by atoms with E-state index in [2.05, 4.69) is 4.74 Å². The second-order valence-electron chi connectivity index (χ2n) is 5.47. The molecule has 0 saturated carbocycles. The molecule has 1 aromatic carbocycles. The summed E-state index contributed by atoms with van der Waals surface area (Å²) >= 11 is 0. The number of likely N-dealkylation sites (tertiary alicyclic amines) is 1. The van der Waals surface area contributed by atoms with E-state index in [-0.39, 0.29) is 18.2 Å². The Morgan fingerprint density at radius 1 is 1.26 bits per heavy atom. The average Bonchev–Trinajstić information content (AvgIpc) is 2.45. The molecule has 2 rings (SSSR count). The molecule has 0 spiro atoms. The Kier molecular flexibility index (Phi) is 5.70. The molecule has 8 heteroatoms. The molecule has 5 nitrogen and oxygen atoms in total. The maximum absolute atomic E-state index is 12.1. The number of halogens is 3. The molecular weight excluding hydrogens is 315 g/mol. The molecular formula is C15H18F3NO4. The summed E-state index contributed by atoms with van der Waals surface area (Å²) in [5.41, 5.74) is 0. The molecule has 1 heterocycles. The van der Waals surface area contributed by atoms with Gasteiger partial charge < -0.3 is 14.6 Å². The van der Waals surface area contributed by atoms with Crippen molar-refractivity contribution in [2.45, 2.75) is 19.2 Å². The van der Waals surface area contributed by atoms with E-state index in [1.165, 1.54) is 24.3 Å². The van der Waals surface area contributed by atoms with Gasteiger partial charge in [0, 0.05) is 12.5 Å². The third-order valence-electron chi connectivity index (χ3n) is 3.50. The van der Waals surface area contributed by atoms with E-state index in [0.29, 0.717) is 18.9 Å². The van der Waals surface area contributed by atoms with Crippen LogP contribution >= 0.6 is 0 Å². The van der Waals surface area contributed by atoms with Crippen LogP contribution in [-0.4, -0.2) is 48.6 Å². The van der Waals surface area contributed by atoms with Gasteiger partial charge in [-0.2, -0.15) is 0 Å². The number of piperidine rings is 1. The zero-order valence-electron chi connectivity index (χ0n) is 12.4. The van der Waals surface area contributed by atoms with E-state index in [0.717, 1.165) is 19.4 Å². The smallest absolute Gasteiger partial charge is 0.493 e. The van der Waals surface area contributed by atoms with Gasteiger partial charge in [0.2, 0.25) is 0 Å². The van der Waals surface area contributed by atoms with Crippen LogP contribution in [0.2, 0.25) is 0 Å². The molecule has 0 amide bonds. The van der Waals surface area contributed by atoms with E-state index in [4.69, 9.17) is 9.84 Å². The quantitative estimate of drug-likeness (QED) is 0.867. The van der Waals surface area contributed by atoms with Crippen LogP contribution in [0.5, 0.6) is 11.5 Å². The summed E-state index contributed by atoms with van der Waals surface area (Å²) in [5.74, 6) is -0.494. The topological polar surface area (TPSA) is 59.0 Å². The average molecular weight is 333 g/mol. The number of benzene rings is 1. The van der Waals surface area contributed by atoms with Crippen LogP contribution in [0.4, 0.5) is 13.2 Å². The molecule has 0 aliphatic carbocycles. The first-order valence-corrected chi connectivity index (χ1v) is 7.24. The van der Waals surface area contributed by atoms with Crippen molar-refractivity contribution in [1.29, 1.82) is 0 Å². The monoisotopic (exact) mass is 333 g/mol. The number of rotatable bonds is 6. The SMILES string of the molecule is O=C(O)CN1CCCC(COc2ccc(OC(F)(F)F)cc2)C1. The van der Waals surface area contributed by atoms with Crippen LogP contribution in [0.1, 0.15) is 12.8 Å². The minimum atomic E-state index is -4.71. The Morgan fingerprint density at radius 3 is 2.52 bits per heavy atom. The van der Waals surface area contributed by atoms with Crippen LogP contribution in [0.3, 0.4) is 0 Å². The number of carboxylic acids is 1. The Morgan fingerprint density at radius 2 is 1.91 bits per heavy atom. The Balaban J connectivity index is 1.80. The normalized spacial score (nSPS) is 19.3. The van der Waals surface area contributed by atoms with Crippen LogP contribution in [0, 0.1) is 5.92 Å². The van der Waals surface area contributed by atoms with E-state index in [1.54, 1.807) is 0 Å². The molecule has 1 atom stereocenters. The van der Waals surface area contributed by atoms with Gasteiger partial charge in [-0.15, -0.1) is 13.2 Å². The van der Waals surface area contributed by atoms with E-state index >= 15 is 0 Å². The third-order valence-corrected chi connectivity index (χ3v) is 3.50. The van der Waals surface area contributed by atoms with Gasteiger partial charge >= 0.3 is 12.3 Å². The lowest BCUT2D eigenvalue weighted by Gasteiger charge is -2.31. The van der Waals surface area contributed by atoms with Gasteiger partial charge in [-0.05, 0) is 43.7 Å². The van der Waals surface area contributed by atoms with Crippen molar-refractivity contribution >= 4 is 5.97 Å². The lowest BCUT2D eigenvalue weighted by atomic mass is 9.99. The summed E-state index contributed by atoms with van der Waals surface area (Å²) in [7, 11) is 0. The van der Waals surface area contributed by atoms with E-state index in [1.807, 2.05) is 4.90 Å². The Hall–Kier alpha value is -1.96. The summed E-state index contributed by atoms with van der Waals surface area (Å²) in [6.45, 7) is 1.81. The lowest BCUT2D eigenvalue weighted by molar-refractivity contribution is -0.274.